The number of hydrogen-bond acceptors (Lipinski definition) is 3. The number of aryl methyl sites for hydroxylation is 1. The van der Waals surface area contributed by atoms with Crippen molar-refractivity contribution in [3.63, 3.8) is 0 Å². The van der Waals surface area contributed by atoms with Crippen molar-refractivity contribution in [2.24, 2.45) is 0 Å². The topological polar surface area (TPSA) is 24.9 Å². The molecular weight excluding hydrogens is 276 g/mol. The summed E-state index contributed by atoms with van der Waals surface area (Å²) in [7, 11) is 1.99. The number of rotatable bonds is 5. The van der Waals surface area contributed by atoms with Crippen LogP contribution in [0.5, 0.6) is 0 Å². The van der Waals surface area contributed by atoms with Crippen LogP contribution >= 0.6 is 23.4 Å². The zero-order valence-electron chi connectivity index (χ0n) is 11.1. The van der Waals surface area contributed by atoms with Crippen molar-refractivity contribution >= 4 is 23.4 Å². The SMILES string of the molecule is CNC(CSc1ccc(Cl)cn1)c1ccccc1C. The van der Waals surface area contributed by atoms with Crippen molar-refractivity contribution < 1.29 is 0 Å². The third kappa shape index (κ3) is 3.96. The van der Waals surface area contributed by atoms with E-state index >= 15 is 0 Å². The molecule has 0 saturated heterocycles. The van der Waals surface area contributed by atoms with E-state index in [0.717, 1.165) is 10.8 Å². The summed E-state index contributed by atoms with van der Waals surface area (Å²) in [6, 6.07) is 12.6. The summed E-state index contributed by atoms with van der Waals surface area (Å²) in [5, 5.41) is 5.04. The molecule has 2 rings (SSSR count). The highest BCUT2D eigenvalue weighted by Crippen LogP contribution is 2.25. The predicted molar refractivity (Wildman–Crippen MR) is 83.0 cm³/mol. The summed E-state index contributed by atoms with van der Waals surface area (Å²) < 4.78 is 0. The van der Waals surface area contributed by atoms with Gasteiger partial charge in [0.15, 0.2) is 0 Å². The second kappa shape index (κ2) is 6.94. The number of hydrogen-bond donors (Lipinski definition) is 1. The zero-order valence-corrected chi connectivity index (χ0v) is 12.6. The third-order valence-electron chi connectivity index (χ3n) is 3.01. The van der Waals surface area contributed by atoms with Gasteiger partial charge in [-0.15, -0.1) is 11.8 Å². The Morgan fingerprint density at radius 2 is 2.05 bits per heavy atom. The van der Waals surface area contributed by atoms with Gasteiger partial charge in [0.05, 0.1) is 10.0 Å². The second-order valence-electron chi connectivity index (χ2n) is 4.32. The molecule has 0 spiro atoms. The maximum atomic E-state index is 5.83. The lowest BCUT2D eigenvalue weighted by atomic mass is 10.0. The Hall–Kier alpha value is -1.03. The van der Waals surface area contributed by atoms with Gasteiger partial charge in [-0.1, -0.05) is 35.9 Å². The standard InChI is InChI=1S/C15H17ClN2S/c1-11-5-3-4-6-13(11)14(17-2)10-19-15-8-7-12(16)9-18-15/h3-9,14,17H,10H2,1-2H3. The molecular formula is C15H17ClN2S. The summed E-state index contributed by atoms with van der Waals surface area (Å²) in [6.45, 7) is 2.14. The van der Waals surface area contributed by atoms with Crippen molar-refractivity contribution in [2.75, 3.05) is 12.8 Å². The summed E-state index contributed by atoms with van der Waals surface area (Å²) in [6.07, 6.45) is 1.69. The number of pyridine rings is 1. The molecule has 0 aliphatic rings. The molecule has 1 aromatic carbocycles. The Balaban J connectivity index is 2.04. The van der Waals surface area contributed by atoms with E-state index in [1.165, 1.54) is 11.1 Å². The van der Waals surface area contributed by atoms with Crippen LogP contribution in [0.2, 0.25) is 5.02 Å². The average molecular weight is 293 g/mol. The highest BCUT2D eigenvalue weighted by atomic mass is 35.5. The van der Waals surface area contributed by atoms with E-state index in [4.69, 9.17) is 11.6 Å². The average Bonchev–Trinajstić information content (AvgIpc) is 2.43. The number of thioether (sulfide) groups is 1. The third-order valence-corrected chi connectivity index (χ3v) is 4.27. The molecule has 1 heterocycles. The van der Waals surface area contributed by atoms with Crippen molar-refractivity contribution in [3.8, 4) is 0 Å². The largest absolute Gasteiger partial charge is 0.312 e. The molecule has 0 amide bonds. The highest BCUT2D eigenvalue weighted by Gasteiger charge is 2.12. The molecule has 0 aliphatic carbocycles. The van der Waals surface area contributed by atoms with E-state index in [1.54, 1.807) is 18.0 Å². The van der Waals surface area contributed by atoms with Gasteiger partial charge in [-0.25, -0.2) is 4.98 Å². The molecule has 19 heavy (non-hydrogen) atoms. The van der Waals surface area contributed by atoms with Gasteiger partial charge >= 0.3 is 0 Å². The van der Waals surface area contributed by atoms with E-state index in [9.17, 15) is 0 Å². The van der Waals surface area contributed by atoms with Gasteiger partial charge in [0.2, 0.25) is 0 Å². The van der Waals surface area contributed by atoms with Crippen LogP contribution in [0.3, 0.4) is 0 Å². The quantitative estimate of drug-likeness (QED) is 0.840. The Morgan fingerprint density at radius 3 is 2.68 bits per heavy atom. The number of benzene rings is 1. The first-order chi connectivity index (χ1) is 9.20. The zero-order chi connectivity index (χ0) is 13.7. The van der Waals surface area contributed by atoms with Crippen LogP contribution in [-0.4, -0.2) is 17.8 Å². The fourth-order valence-electron chi connectivity index (χ4n) is 1.92. The molecule has 0 saturated carbocycles. The van der Waals surface area contributed by atoms with E-state index < -0.39 is 0 Å². The molecule has 1 N–H and O–H groups in total. The van der Waals surface area contributed by atoms with Gasteiger partial charge < -0.3 is 5.32 Å². The fourth-order valence-corrected chi connectivity index (χ4v) is 3.01. The maximum Gasteiger partial charge on any atom is 0.0961 e. The number of nitrogens with one attached hydrogen (secondary N) is 1. The lowest BCUT2D eigenvalue weighted by molar-refractivity contribution is 0.657. The van der Waals surface area contributed by atoms with Crippen LogP contribution < -0.4 is 5.32 Å². The Labute approximate surface area is 123 Å². The van der Waals surface area contributed by atoms with Crippen molar-refractivity contribution in [1.82, 2.24) is 10.3 Å². The summed E-state index contributed by atoms with van der Waals surface area (Å²) in [4.78, 5) is 4.30. The predicted octanol–water partition coefficient (Wildman–Crippen LogP) is 4.10. The molecule has 0 aliphatic heterocycles. The van der Waals surface area contributed by atoms with E-state index in [0.29, 0.717) is 11.1 Å². The van der Waals surface area contributed by atoms with Crippen LogP contribution in [0.4, 0.5) is 0 Å². The Bertz CT molecular complexity index is 528. The summed E-state index contributed by atoms with van der Waals surface area (Å²) in [5.74, 6) is 0.940. The normalized spacial score (nSPS) is 12.4. The van der Waals surface area contributed by atoms with Crippen molar-refractivity contribution in [1.29, 1.82) is 0 Å². The van der Waals surface area contributed by atoms with Crippen molar-refractivity contribution in [3.05, 3.63) is 58.7 Å². The molecule has 1 atom stereocenters. The number of nitrogens with zero attached hydrogens (tertiary/aromatic N) is 1. The minimum atomic E-state index is 0.323. The van der Waals surface area contributed by atoms with Crippen LogP contribution in [0.15, 0.2) is 47.6 Å². The lowest BCUT2D eigenvalue weighted by Crippen LogP contribution is -2.19. The molecule has 0 fully saturated rings. The van der Waals surface area contributed by atoms with Crippen LogP contribution in [-0.2, 0) is 0 Å². The van der Waals surface area contributed by atoms with Gasteiger partial charge in [-0.3, -0.25) is 0 Å². The highest BCUT2D eigenvalue weighted by molar-refractivity contribution is 7.99. The van der Waals surface area contributed by atoms with Crippen LogP contribution in [0.1, 0.15) is 17.2 Å². The summed E-state index contributed by atoms with van der Waals surface area (Å²) >= 11 is 7.57. The van der Waals surface area contributed by atoms with Gasteiger partial charge in [0.25, 0.3) is 0 Å². The van der Waals surface area contributed by atoms with Gasteiger partial charge in [0.1, 0.15) is 0 Å². The van der Waals surface area contributed by atoms with E-state index in [2.05, 4.69) is 41.5 Å². The Morgan fingerprint density at radius 1 is 1.26 bits per heavy atom. The first kappa shape index (κ1) is 14.4. The van der Waals surface area contributed by atoms with Gasteiger partial charge in [-0.05, 0) is 37.2 Å². The molecule has 4 heteroatoms. The molecule has 1 unspecified atom stereocenters. The molecule has 2 nitrogen and oxygen atoms in total. The Kier molecular flexibility index (Phi) is 5.25. The van der Waals surface area contributed by atoms with Gasteiger partial charge in [0, 0.05) is 18.0 Å². The maximum absolute atomic E-state index is 5.83. The number of halogens is 1. The van der Waals surface area contributed by atoms with Crippen LogP contribution in [0.25, 0.3) is 0 Å². The van der Waals surface area contributed by atoms with Crippen LogP contribution in [0, 0.1) is 6.92 Å². The first-order valence-electron chi connectivity index (χ1n) is 6.18. The molecule has 0 bridgehead atoms. The van der Waals surface area contributed by atoms with E-state index in [-0.39, 0.29) is 0 Å². The summed E-state index contributed by atoms with van der Waals surface area (Å²) in [5.41, 5.74) is 2.65. The molecule has 0 radical (unpaired) electrons. The first-order valence-corrected chi connectivity index (χ1v) is 7.54. The minimum Gasteiger partial charge on any atom is -0.312 e. The molecule has 100 valence electrons. The molecule has 1 aromatic heterocycles. The van der Waals surface area contributed by atoms with E-state index in [1.807, 2.05) is 19.2 Å². The minimum absolute atomic E-state index is 0.323. The number of aromatic nitrogens is 1. The monoisotopic (exact) mass is 292 g/mol. The van der Waals surface area contributed by atoms with Gasteiger partial charge in [-0.2, -0.15) is 0 Å². The second-order valence-corrected chi connectivity index (χ2v) is 5.80. The van der Waals surface area contributed by atoms with Crippen molar-refractivity contribution in [2.45, 2.75) is 18.0 Å². The fraction of sp³-hybridized carbons (Fsp3) is 0.267. The smallest absolute Gasteiger partial charge is 0.0961 e. The lowest BCUT2D eigenvalue weighted by Gasteiger charge is -2.18. The molecule has 2 aromatic rings.